The molecule has 0 bridgehead atoms. The fourth-order valence-corrected chi connectivity index (χ4v) is 4.43. The molecule has 4 aromatic rings. The minimum Gasteiger partial charge on any atom is -0.369 e. The normalized spacial score (nSPS) is 15.6. The second-order valence-electron chi connectivity index (χ2n) is 8.08. The monoisotopic (exact) mass is 425 g/mol. The quantitative estimate of drug-likeness (QED) is 0.466. The number of nitrogens with zero attached hydrogens (tertiary/aromatic N) is 4. The molecule has 0 atom stereocenters. The van der Waals surface area contributed by atoms with Crippen LogP contribution >= 0.6 is 0 Å². The Morgan fingerprint density at radius 1 is 1.00 bits per heavy atom. The van der Waals surface area contributed by atoms with Crippen molar-refractivity contribution in [1.29, 1.82) is 0 Å². The molecule has 0 spiro atoms. The summed E-state index contributed by atoms with van der Waals surface area (Å²) in [5, 5.41) is 9.66. The molecular weight excluding hydrogens is 402 g/mol. The fraction of sp³-hybridized carbons (Fsp3) is 0.208. The molecule has 8 heteroatoms. The lowest BCUT2D eigenvalue weighted by Crippen LogP contribution is -2.43. The van der Waals surface area contributed by atoms with Crippen LogP contribution in [-0.4, -0.2) is 46.5 Å². The van der Waals surface area contributed by atoms with Crippen LogP contribution in [0.2, 0.25) is 0 Å². The van der Waals surface area contributed by atoms with Gasteiger partial charge in [0.15, 0.2) is 11.5 Å². The number of rotatable bonds is 4. The second kappa shape index (κ2) is 7.65. The van der Waals surface area contributed by atoms with Crippen molar-refractivity contribution in [2.75, 3.05) is 36.4 Å². The molecule has 8 nitrogen and oxygen atoms in total. The van der Waals surface area contributed by atoms with Crippen LogP contribution < -0.4 is 20.9 Å². The molecule has 3 N–H and O–H groups in total. The van der Waals surface area contributed by atoms with Gasteiger partial charge in [0.1, 0.15) is 0 Å². The van der Waals surface area contributed by atoms with Crippen molar-refractivity contribution in [3.05, 3.63) is 72.2 Å². The van der Waals surface area contributed by atoms with Gasteiger partial charge in [0, 0.05) is 67.6 Å². The Morgan fingerprint density at radius 2 is 1.84 bits per heavy atom. The summed E-state index contributed by atoms with van der Waals surface area (Å²) in [7, 11) is 0. The molecule has 0 radical (unpaired) electrons. The third-order valence-corrected chi connectivity index (χ3v) is 6.13. The summed E-state index contributed by atoms with van der Waals surface area (Å²) in [6.07, 6.45) is 5.55. The lowest BCUT2D eigenvalue weighted by atomic mass is 10.0. The molecule has 0 unspecified atom stereocenters. The smallest absolute Gasteiger partial charge is 0.251 e. The number of carbonyl (C=O) groups is 1. The van der Waals surface area contributed by atoms with E-state index in [0.717, 1.165) is 59.9 Å². The Labute approximate surface area is 185 Å². The molecule has 2 aromatic heterocycles. The minimum atomic E-state index is -0.0139. The zero-order valence-electron chi connectivity index (χ0n) is 17.5. The summed E-state index contributed by atoms with van der Waals surface area (Å²) >= 11 is 0. The number of carbonyl (C=O) groups excluding carboxylic acids is 1. The number of anilines is 3. The van der Waals surface area contributed by atoms with Crippen LogP contribution in [0.3, 0.4) is 0 Å². The number of nitrogens with one attached hydrogen (secondary N) is 3. The third-order valence-electron chi connectivity index (χ3n) is 6.13. The van der Waals surface area contributed by atoms with Crippen LogP contribution in [0.25, 0.3) is 16.9 Å². The topological polar surface area (TPSA) is 86.6 Å². The highest BCUT2D eigenvalue weighted by Gasteiger charge is 2.20. The van der Waals surface area contributed by atoms with E-state index in [1.807, 2.05) is 35.0 Å². The van der Waals surface area contributed by atoms with E-state index in [1.54, 1.807) is 6.20 Å². The van der Waals surface area contributed by atoms with Gasteiger partial charge in [0.2, 0.25) is 0 Å². The van der Waals surface area contributed by atoms with Crippen molar-refractivity contribution in [2.45, 2.75) is 6.54 Å². The van der Waals surface area contributed by atoms with Crippen molar-refractivity contribution >= 4 is 28.7 Å². The summed E-state index contributed by atoms with van der Waals surface area (Å²) in [5.41, 5.74) is 6.64. The first-order valence-corrected chi connectivity index (χ1v) is 10.8. The van der Waals surface area contributed by atoms with E-state index in [2.05, 4.69) is 55.1 Å². The highest BCUT2D eigenvalue weighted by molar-refractivity contribution is 5.98. The van der Waals surface area contributed by atoms with Crippen molar-refractivity contribution in [3.63, 3.8) is 0 Å². The molecule has 160 valence electrons. The number of piperazine rings is 1. The number of imidazole rings is 1. The highest BCUT2D eigenvalue weighted by atomic mass is 16.1. The molecule has 6 rings (SSSR count). The van der Waals surface area contributed by atoms with Gasteiger partial charge < -0.3 is 20.9 Å². The van der Waals surface area contributed by atoms with Crippen LogP contribution in [-0.2, 0) is 6.54 Å². The molecular formula is C24H23N7O. The van der Waals surface area contributed by atoms with Crippen molar-refractivity contribution < 1.29 is 4.79 Å². The van der Waals surface area contributed by atoms with Crippen LogP contribution in [0.4, 0.5) is 17.2 Å². The van der Waals surface area contributed by atoms with Gasteiger partial charge in [-0.25, -0.2) is 9.97 Å². The molecule has 0 saturated carbocycles. The van der Waals surface area contributed by atoms with Gasteiger partial charge in [0.25, 0.3) is 5.91 Å². The maximum Gasteiger partial charge on any atom is 0.251 e. The van der Waals surface area contributed by atoms with E-state index < -0.39 is 0 Å². The van der Waals surface area contributed by atoms with E-state index in [-0.39, 0.29) is 5.91 Å². The Kier molecular flexibility index (Phi) is 4.50. The highest BCUT2D eigenvalue weighted by Crippen LogP contribution is 2.28. The number of hydrogen-bond donors (Lipinski definition) is 3. The number of aromatic nitrogens is 3. The van der Waals surface area contributed by atoms with E-state index in [0.29, 0.717) is 12.4 Å². The Balaban J connectivity index is 1.29. The third kappa shape index (κ3) is 3.25. The number of hydrogen-bond acceptors (Lipinski definition) is 6. The van der Waals surface area contributed by atoms with Crippen molar-refractivity contribution in [2.24, 2.45) is 0 Å². The molecule has 0 aliphatic carbocycles. The van der Waals surface area contributed by atoms with Crippen LogP contribution in [0, 0.1) is 0 Å². The predicted octanol–water partition coefficient (Wildman–Crippen LogP) is 2.79. The molecule has 32 heavy (non-hydrogen) atoms. The average molecular weight is 425 g/mol. The maximum atomic E-state index is 11.9. The van der Waals surface area contributed by atoms with Crippen molar-refractivity contribution in [1.82, 2.24) is 25.0 Å². The zero-order valence-corrected chi connectivity index (χ0v) is 17.5. The van der Waals surface area contributed by atoms with Crippen LogP contribution in [0.15, 0.2) is 61.1 Å². The van der Waals surface area contributed by atoms with E-state index in [4.69, 9.17) is 0 Å². The first-order chi connectivity index (χ1) is 15.8. The molecule has 1 fully saturated rings. The fourth-order valence-electron chi connectivity index (χ4n) is 4.43. The largest absolute Gasteiger partial charge is 0.369 e. The van der Waals surface area contributed by atoms with Gasteiger partial charge in [-0.3, -0.25) is 9.20 Å². The number of fused-ring (bicyclic) bond motifs is 2. The molecule has 2 aliphatic heterocycles. The zero-order chi connectivity index (χ0) is 21.5. The van der Waals surface area contributed by atoms with E-state index >= 15 is 0 Å². The molecule has 2 aromatic carbocycles. The van der Waals surface area contributed by atoms with E-state index in [1.165, 1.54) is 5.69 Å². The average Bonchev–Trinajstić information content (AvgIpc) is 3.48. The number of amides is 1. The van der Waals surface area contributed by atoms with Gasteiger partial charge in [-0.2, -0.15) is 0 Å². The Hall–Kier alpha value is -3.91. The second-order valence-corrected chi connectivity index (χ2v) is 8.08. The molecule has 4 heterocycles. The SMILES string of the molecule is O=C1NCc2cc(-c3cnc(Nc4ccc(N5CCNCC5)cc4)c4nccn34)ccc21. The maximum absolute atomic E-state index is 11.9. The minimum absolute atomic E-state index is 0.0139. The van der Waals surface area contributed by atoms with Gasteiger partial charge in [0.05, 0.1) is 11.9 Å². The van der Waals surface area contributed by atoms with Gasteiger partial charge in [-0.05, 0) is 42.0 Å². The number of benzene rings is 2. The van der Waals surface area contributed by atoms with Crippen molar-refractivity contribution in [3.8, 4) is 11.3 Å². The Bertz CT molecular complexity index is 1310. The summed E-state index contributed by atoms with van der Waals surface area (Å²) in [6.45, 7) is 4.65. The predicted molar refractivity (Wildman–Crippen MR) is 124 cm³/mol. The van der Waals surface area contributed by atoms with Crippen LogP contribution in [0.5, 0.6) is 0 Å². The van der Waals surface area contributed by atoms with Crippen LogP contribution in [0.1, 0.15) is 15.9 Å². The van der Waals surface area contributed by atoms with Gasteiger partial charge in [-0.1, -0.05) is 6.07 Å². The van der Waals surface area contributed by atoms with E-state index in [9.17, 15) is 4.79 Å². The van der Waals surface area contributed by atoms with Gasteiger partial charge in [-0.15, -0.1) is 0 Å². The van der Waals surface area contributed by atoms with Gasteiger partial charge >= 0.3 is 0 Å². The molecule has 1 saturated heterocycles. The molecule has 1 amide bonds. The standard InChI is InChI=1S/C24H23N7O/c32-24-20-6-1-16(13-17(20)14-28-24)21-15-27-22(23-26-9-12-31(21)23)29-18-2-4-19(5-3-18)30-10-7-25-8-11-30/h1-6,9,12-13,15,25H,7-8,10-11,14H2,(H,27,29)(H,28,32). The Morgan fingerprint density at radius 3 is 2.69 bits per heavy atom. The summed E-state index contributed by atoms with van der Waals surface area (Å²) < 4.78 is 2.02. The summed E-state index contributed by atoms with van der Waals surface area (Å²) in [4.78, 5) is 23.5. The molecule has 2 aliphatic rings. The first kappa shape index (κ1) is 18.8. The lowest BCUT2D eigenvalue weighted by Gasteiger charge is -2.29. The lowest BCUT2D eigenvalue weighted by molar-refractivity contribution is 0.0966. The first-order valence-electron chi connectivity index (χ1n) is 10.8. The summed E-state index contributed by atoms with van der Waals surface area (Å²) in [5.74, 6) is 0.687. The summed E-state index contributed by atoms with van der Waals surface area (Å²) in [6, 6.07) is 14.3.